The van der Waals surface area contributed by atoms with Gasteiger partial charge in [-0.3, -0.25) is 4.98 Å². The van der Waals surface area contributed by atoms with Crippen LogP contribution in [0.3, 0.4) is 0 Å². The van der Waals surface area contributed by atoms with Crippen LogP contribution >= 0.6 is 11.8 Å². The highest BCUT2D eigenvalue weighted by Gasteiger charge is 2.12. The van der Waals surface area contributed by atoms with Crippen molar-refractivity contribution in [2.45, 2.75) is 24.6 Å². The average molecular weight is 276 g/mol. The Labute approximate surface area is 117 Å². The van der Waals surface area contributed by atoms with Crippen LogP contribution in [0.1, 0.15) is 16.8 Å². The molecule has 4 nitrogen and oxygen atoms in total. The minimum absolute atomic E-state index is 0.648. The second-order valence-corrected chi connectivity index (χ2v) is 5.20. The van der Waals surface area contributed by atoms with Crippen LogP contribution in [-0.4, -0.2) is 12.1 Å². The van der Waals surface area contributed by atoms with Crippen LogP contribution in [-0.2, 0) is 5.75 Å². The summed E-state index contributed by atoms with van der Waals surface area (Å²) in [6.07, 6.45) is 3.30. The Bertz CT molecular complexity index is 588. The largest absolute Gasteiger partial charge is 0.618 e. The summed E-state index contributed by atoms with van der Waals surface area (Å²) in [5, 5.41) is 12.2. The molecule has 100 valence electrons. The quantitative estimate of drug-likeness (QED) is 0.489. The van der Waals surface area contributed by atoms with Gasteiger partial charge in [-0.25, -0.2) is 0 Å². The number of methoxy groups -OCH3 is 1. The van der Waals surface area contributed by atoms with Crippen molar-refractivity contribution in [2.75, 3.05) is 7.11 Å². The second-order valence-electron chi connectivity index (χ2n) is 4.20. The predicted octanol–water partition coefficient (Wildman–Crippen LogP) is 2.63. The Morgan fingerprint density at radius 1 is 1.37 bits per heavy atom. The van der Waals surface area contributed by atoms with Gasteiger partial charge in [-0.1, -0.05) is 0 Å². The number of pyridine rings is 2. The number of thioether (sulfide) groups is 1. The number of nitrogens with zero attached hydrogens (tertiary/aromatic N) is 2. The Kier molecular flexibility index (Phi) is 4.27. The van der Waals surface area contributed by atoms with Crippen LogP contribution in [0.4, 0.5) is 0 Å². The number of hydrogen-bond acceptors (Lipinski definition) is 4. The first-order chi connectivity index (χ1) is 9.13. The highest BCUT2D eigenvalue weighted by molar-refractivity contribution is 7.98. The predicted molar refractivity (Wildman–Crippen MR) is 75.2 cm³/mol. The first kappa shape index (κ1) is 13.7. The van der Waals surface area contributed by atoms with Gasteiger partial charge in [0.1, 0.15) is 5.75 Å². The van der Waals surface area contributed by atoms with Gasteiger partial charge in [0.15, 0.2) is 6.20 Å². The lowest BCUT2D eigenvalue weighted by atomic mass is 10.1. The van der Waals surface area contributed by atoms with Crippen molar-refractivity contribution in [2.24, 2.45) is 0 Å². The third-order valence-electron chi connectivity index (χ3n) is 2.90. The van der Waals surface area contributed by atoms with E-state index in [1.807, 2.05) is 19.9 Å². The van der Waals surface area contributed by atoms with Crippen LogP contribution in [0.25, 0.3) is 0 Å². The van der Waals surface area contributed by atoms with Crippen LogP contribution in [0, 0.1) is 19.1 Å². The fourth-order valence-electron chi connectivity index (χ4n) is 1.88. The second kappa shape index (κ2) is 5.93. The lowest BCUT2D eigenvalue weighted by molar-refractivity contribution is -0.645. The molecular weight excluding hydrogens is 260 g/mol. The molecule has 0 aliphatic carbocycles. The molecular formula is C14H16N2O2S. The van der Waals surface area contributed by atoms with Crippen LogP contribution in [0.2, 0.25) is 0 Å². The summed E-state index contributed by atoms with van der Waals surface area (Å²) in [5.41, 5.74) is 2.99. The standard InChI is InChI=1S/C14H16N2O2S/c1-10-8-15-12(11(2)14(10)18-3)9-19-13-6-4-5-7-16(13)17/h4-8H,9H2,1-3H3. The van der Waals surface area contributed by atoms with E-state index in [4.69, 9.17) is 4.74 Å². The number of rotatable bonds is 4. The molecule has 2 aromatic heterocycles. The van der Waals surface area contributed by atoms with Gasteiger partial charge in [0.2, 0.25) is 0 Å². The smallest absolute Gasteiger partial charge is 0.251 e. The van der Waals surface area contributed by atoms with Crippen molar-refractivity contribution in [3.05, 3.63) is 52.6 Å². The number of ether oxygens (including phenoxy) is 1. The minimum atomic E-state index is 0.648. The van der Waals surface area contributed by atoms with E-state index < -0.39 is 0 Å². The number of aromatic nitrogens is 2. The van der Waals surface area contributed by atoms with Crippen LogP contribution in [0.5, 0.6) is 5.75 Å². The summed E-state index contributed by atoms with van der Waals surface area (Å²) in [5.74, 6) is 1.52. The zero-order valence-electron chi connectivity index (χ0n) is 11.2. The minimum Gasteiger partial charge on any atom is -0.618 e. The summed E-state index contributed by atoms with van der Waals surface area (Å²) in [4.78, 5) is 4.42. The molecule has 0 atom stereocenters. The third-order valence-corrected chi connectivity index (χ3v) is 3.92. The van der Waals surface area contributed by atoms with E-state index >= 15 is 0 Å². The van der Waals surface area contributed by atoms with Crippen molar-refractivity contribution in [3.63, 3.8) is 0 Å². The van der Waals surface area contributed by atoms with Crippen molar-refractivity contribution in [3.8, 4) is 5.75 Å². The van der Waals surface area contributed by atoms with Gasteiger partial charge < -0.3 is 9.94 Å². The molecule has 0 unspecified atom stereocenters. The molecule has 0 radical (unpaired) electrons. The molecule has 0 fully saturated rings. The Morgan fingerprint density at radius 3 is 2.84 bits per heavy atom. The lowest BCUT2D eigenvalue weighted by Gasteiger charge is -2.11. The highest BCUT2D eigenvalue weighted by Crippen LogP contribution is 2.27. The van der Waals surface area contributed by atoms with Gasteiger partial charge in [-0.15, -0.1) is 0 Å². The third kappa shape index (κ3) is 2.98. The van der Waals surface area contributed by atoms with Crippen LogP contribution in [0.15, 0.2) is 35.6 Å². The van der Waals surface area contributed by atoms with E-state index in [-0.39, 0.29) is 0 Å². The van der Waals surface area contributed by atoms with Crippen molar-refractivity contribution in [1.29, 1.82) is 0 Å². The molecule has 0 aromatic carbocycles. The Balaban J connectivity index is 2.19. The zero-order valence-corrected chi connectivity index (χ0v) is 12.0. The molecule has 2 rings (SSSR count). The molecule has 0 amide bonds. The molecule has 0 aliphatic rings. The molecule has 5 heteroatoms. The lowest BCUT2D eigenvalue weighted by Crippen LogP contribution is -2.27. The fourth-order valence-corrected chi connectivity index (χ4v) is 2.82. The SMILES string of the molecule is COc1c(C)cnc(CSc2cccc[n+]2[O-])c1C. The van der Waals surface area contributed by atoms with Gasteiger partial charge in [-0.2, -0.15) is 4.73 Å². The van der Waals surface area contributed by atoms with Gasteiger partial charge in [0, 0.05) is 35.2 Å². The molecule has 0 saturated heterocycles. The molecule has 0 bridgehead atoms. The Morgan fingerprint density at radius 2 is 2.16 bits per heavy atom. The highest BCUT2D eigenvalue weighted by atomic mass is 32.2. The summed E-state index contributed by atoms with van der Waals surface area (Å²) < 4.78 is 6.24. The monoisotopic (exact) mass is 276 g/mol. The molecule has 0 N–H and O–H groups in total. The molecule has 0 saturated carbocycles. The van der Waals surface area contributed by atoms with Gasteiger partial charge in [0.05, 0.1) is 12.8 Å². The van der Waals surface area contributed by atoms with Gasteiger partial charge >= 0.3 is 0 Å². The first-order valence-corrected chi connectivity index (χ1v) is 6.92. The normalized spacial score (nSPS) is 10.5. The molecule has 19 heavy (non-hydrogen) atoms. The van der Waals surface area contributed by atoms with E-state index in [0.717, 1.165) is 27.3 Å². The number of aryl methyl sites for hydroxylation is 1. The van der Waals surface area contributed by atoms with Crippen molar-refractivity contribution < 1.29 is 9.47 Å². The van der Waals surface area contributed by atoms with E-state index in [0.29, 0.717) is 10.8 Å². The maximum absolute atomic E-state index is 11.6. The van der Waals surface area contributed by atoms with E-state index in [9.17, 15) is 5.21 Å². The molecule has 0 aliphatic heterocycles. The molecule has 0 spiro atoms. The zero-order chi connectivity index (χ0) is 13.8. The molecule has 2 heterocycles. The summed E-state index contributed by atoms with van der Waals surface area (Å²) >= 11 is 1.47. The first-order valence-electron chi connectivity index (χ1n) is 5.93. The molecule has 2 aromatic rings. The van der Waals surface area contributed by atoms with Gasteiger partial charge in [0.25, 0.3) is 5.03 Å². The Hall–Kier alpha value is -1.75. The van der Waals surface area contributed by atoms with E-state index in [1.54, 1.807) is 25.4 Å². The summed E-state index contributed by atoms with van der Waals surface area (Å²) in [6.45, 7) is 3.96. The average Bonchev–Trinajstić information content (AvgIpc) is 2.40. The summed E-state index contributed by atoms with van der Waals surface area (Å²) in [6, 6.07) is 5.38. The maximum Gasteiger partial charge on any atom is 0.251 e. The van der Waals surface area contributed by atoms with Gasteiger partial charge in [-0.05, 0) is 31.7 Å². The van der Waals surface area contributed by atoms with Crippen molar-refractivity contribution in [1.82, 2.24) is 4.98 Å². The van der Waals surface area contributed by atoms with E-state index in [2.05, 4.69) is 4.98 Å². The summed E-state index contributed by atoms with van der Waals surface area (Å²) in [7, 11) is 1.66. The van der Waals surface area contributed by atoms with Crippen molar-refractivity contribution >= 4 is 11.8 Å². The fraction of sp³-hybridized carbons (Fsp3) is 0.286. The maximum atomic E-state index is 11.6. The topological polar surface area (TPSA) is 49.1 Å². The van der Waals surface area contributed by atoms with Crippen LogP contribution < -0.4 is 9.47 Å². The van der Waals surface area contributed by atoms with E-state index in [1.165, 1.54) is 18.0 Å². The number of hydrogen-bond donors (Lipinski definition) is 0.